The molecule has 1 nitrogen and oxygen atoms in total. The SMILES string of the molecule is Cc1sc2c(-c3sc4c(-c5cc(C(C)(C)C)c6ccccc6c5)nccc4c3C)cccc2c1CC(C)C. The Morgan fingerprint density at radius 3 is 2.34 bits per heavy atom. The van der Waals surface area contributed by atoms with E-state index in [1.807, 2.05) is 28.9 Å². The van der Waals surface area contributed by atoms with Crippen molar-refractivity contribution in [1.29, 1.82) is 0 Å². The molecule has 0 amide bonds. The van der Waals surface area contributed by atoms with E-state index in [0.717, 1.165) is 12.1 Å². The first-order chi connectivity index (χ1) is 18.1. The number of hydrogen-bond acceptors (Lipinski definition) is 3. The van der Waals surface area contributed by atoms with Gasteiger partial charge in [0.1, 0.15) is 0 Å². The molecule has 0 bridgehead atoms. The number of benzene rings is 3. The summed E-state index contributed by atoms with van der Waals surface area (Å²) in [6, 6.07) is 22.5. The summed E-state index contributed by atoms with van der Waals surface area (Å²) in [6.07, 6.45) is 3.12. The van der Waals surface area contributed by atoms with Crippen molar-refractivity contribution in [3.8, 4) is 21.7 Å². The average Bonchev–Trinajstić information content (AvgIpc) is 3.38. The van der Waals surface area contributed by atoms with Crippen molar-refractivity contribution in [1.82, 2.24) is 4.98 Å². The predicted octanol–water partition coefficient (Wildman–Crippen LogP) is 11.1. The molecule has 6 aromatic rings. The first-order valence-electron chi connectivity index (χ1n) is 13.6. The molecule has 0 spiro atoms. The number of nitrogens with zero attached hydrogens (tertiary/aromatic N) is 1. The summed E-state index contributed by atoms with van der Waals surface area (Å²) in [4.78, 5) is 7.80. The summed E-state index contributed by atoms with van der Waals surface area (Å²) in [5.41, 5.74) is 7.95. The Bertz CT molecular complexity index is 1820. The van der Waals surface area contributed by atoms with Crippen LogP contribution in [0.1, 0.15) is 56.2 Å². The number of rotatable bonds is 4. The molecular weight excluding hydrogens is 499 g/mol. The van der Waals surface area contributed by atoms with Crippen molar-refractivity contribution < 1.29 is 0 Å². The van der Waals surface area contributed by atoms with E-state index in [2.05, 4.69) is 109 Å². The minimum atomic E-state index is 0.0421. The van der Waals surface area contributed by atoms with E-state index in [1.165, 1.54) is 68.5 Å². The summed E-state index contributed by atoms with van der Waals surface area (Å²) >= 11 is 3.86. The molecule has 0 radical (unpaired) electrons. The Morgan fingerprint density at radius 1 is 0.816 bits per heavy atom. The molecule has 0 saturated heterocycles. The lowest BCUT2D eigenvalue weighted by molar-refractivity contribution is 0.596. The third-order valence-electron chi connectivity index (χ3n) is 7.67. The van der Waals surface area contributed by atoms with Gasteiger partial charge in [0.15, 0.2) is 0 Å². The highest BCUT2D eigenvalue weighted by atomic mass is 32.1. The molecule has 0 aliphatic heterocycles. The Labute approximate surface area is 234 Å². The van der Waals surface area contributed by atoms with E-state index in [4.69, 9.17) is 4.98 Å². The lowest BCUT2D eigenvalue weighted by Crippen LogP contribution is -2.12. The van der Waals surface area contributed by atoms with Crippen LogP contribution in [0.2, 0.25) is 0 Å². The molecule has 6 rings (SSSR count). The Hall–Kier alpha value is -3.01. The van der Waals surface area contributed by atoms with Crippen LogP contribution >= 0.6 is 22.7 Å². The first-order valence-corrected chi connectivity index (χ1v) is 15.2. The van der Waals surface area contributed by atoms with E-state index in [9.17, 15) is 0 Å². The molecule has 3 aromatic heterocycles. The number of thiophene rings is 2. The maximum Gasteiger partial charge on any atom is 0.0880 e. The lowest BCUT2D eigenvalue weighted by atomic mass is 9.82. The van der Waals surface area contributed by atoms with Crippen molar-refractivity contribution in [2.45, 2.75) is 60.3 Å². The summed E-state index contributed by atoms with van der Waals surface area (Å²) in [5.74, 6) is 0.648. The van der Waals surface area contributed by atoms with Crippen LogP contribution in [0, 0.1) is 19.8 Å². The first kappa shape index (κ1) is 25.3. The number of aryl methyl sites for hydroxylation is 2. The van der Waals surface area contributed by atoms with E-state index in [1.54, 1.807) is 0 Å². The largest absolute Gasteiger partial charge is 0.255 e. The van der Waals surface area contributed by atoms with Crippen LogP contribution < -0.4 is 0 Å². The molecule has 0 saturated carbocycles. The molecule has 3 aromatic carbocycles. The van der Waals surface area contributed by atoms with Gasteiger partial charge in [0.2, 0.25) is 0 Å². The molecule has 0 unspecified atom stereocenters. The maximum atomic E-state index is 4.98. The number of aromatic nitrogens is 1. The van der Waals surface area contributed by atoms with E-state index in [0.29, 0.717) is 5.92 Å². The van der Waals surface area contributed by atoms with Gasteiger partial charge in [-0.05, 0) is 88.0 Å². The summed E-state index contributed by atoms with van der Waals surface area (Å²) in [5, 5.41) is 5.35. The Morgan fingerprint density at radius 2 is 1.58 bits per heavy atom. The van der Waals surface area contributed by atoms with Gasteiger partial charge in [0, 0.05) is 31.8 Å². The molecule has 0 N–H and O–H groups in total. The second kappa shape index (κ2) is 9.32. The van der Waals surface area contributed by atoms with Gasteiger partial charge in [0.05, 0.1) is 10.4 Å². The zero-order valence-corrected chi connectivity index (χ0v) is 25.0. The van der Waals surface area contributed by atoms with Crippen molar-refractivity contribution >= 4 is 53.6 Å². The van der Waals surface area contributed by atoms with Gasteiger partial charge in [-0.3, -0.25) is 4.98 Å². The third-order valence-corrected chi connectivity index (χ3v) is 10.2. The normalized spacial score (nSPS) is 12.4. The summed E-state index contributed by atoms with van der Waals surface area (Å²) in [6.45, 7) is 16.1. The highest BCUT2D eigenvalue weighted by molar-refractivity contribution is 7.24. The Balaban J connectivity index is 1.58. The quantitative estimate of drug-likeness (QED) is 0.220. The molecule has 0 fully saturated rings. The standard InChI is InChI=1S/C35H35NS2/c1-20(2)17-29-22(4)37-33-27(29)13-10-14-28(33)32-21(3)25-15-16-36-31(34(25)38-32)24-18-23-11-8-9-12-26(23)30(19-24)35(5,6)7/h8-16,18-20H,17H2,1-7H3. The molecule has 0 atom stereocenters. The second-order valence-electron chi connectivity index (χ2n) is 12.0. The van der Waals surface area contributed by atoms with Crippen LogP contribution in [0.3, 0.4) is 0 Å². The zero-order valence-electron chi connectivity index (χ0n) is 23.4. The number of hydrogen-bond donors (Lipinski definition) is 0. The molecule has 3 heteroatoms. The molecule has 0 aliphatic rings. The van der Waals surface area contributed by atoms with Gasteiger partial charge in [-0.25, -0.2) is 0 Å². The van der Waals surface area contributed by atoms with Gasteiger partial charge in [-0.15, -0.1) is 22.7 Å². The van der Waals surface area contributed by atoms with E-state index >= 15 is 0 Å². The van der Waals surface area contributed by atoms with Crippen molar-refractivity contribution in [3.05, 3.63) is 88.4 Å². The number of fused-ring (bicyclic) bond motifs is 3. The van der Waals surface area contributed by atoms with Crippen LogP contribution in [-0.4, -0.2) is 4.98 Å². The molecule has 192 valence electrons. The van der Waals surface area contributed by atoms with Gasteiger partial charge in [-0.2, -0.15) is 0 Å². The predicted molar refractivity (Wildman–Crippen MR) is 170 cm³/mol. The zero-order chi connectivity index (χ0) is 26.8. The van der Waals surface area contributed by atoms with Crippen LogP contribution in [0.25, 0.3) is 52.6 Å². The van der Waals surface area contributed by atoms with Crippen LogP contribution in [0.5, 0.6) is 0 Å². The highest BCUT2D eigenvalue weighted by Gasteiger charge is 2.22. The fraction of sp³-hybridized carbons (Fsp3) is 0.286. The summed E-state index contributed by atoms with van der Waals surface area (Å²) in [7, 11) is 0. The monoisotopic (exact) mass is 533 g/mol. The Kier molecular flexibility index (Phi) is 6.20. The minimum absolute atomic E-state index is 0.0421. The topological polar surface area (TPSA) is 12.9 Å². The van der Waals surface area contributed by atoms with Crippen molar-refractivity contribution in [3.63, 3.8) is 0 Å². The fourth-order valence-electron chi connectivity index (χ4n) is 5.81. The van der Waals surface area contributed by atoms with Gasteiger partial charge >= 0.3 is 0 Å². The van der Waals surface area contributed by atoms with Gasteiger partial charge < -0.3 is 0 Å². The van der Waals surface area contributed by atoms with E-state index in [-0.39, 0.29) is 5.41 Å². The molecule has 38 heavy (non-hydrogen) atoms. The van der Waals surface area contributed by atoms with Gasteiger partial charge in [-0.1, -0.05) is 77.1 Å². The second-order valence-corrected chi connectivity index (χ2v) is 14.2. The van der Waals surface area contributed by atoms with Crippen LogP contribution in [0.4, 0.5) is 0 Å². The molecule has 0 aliphatic carbocycles. The molecular formula is C35H35NS2. The molecule has 3 heterocycles. The third kappa shape index (κ3) is 4.17. The van der Waals surface area contributed by atoms with Crippen LogP contribution in [-0.2, 0) is 11.8 Å². The van der Waals surface area contributed by atoms with Gasteiger partial charge in [0.25, 0.3) is 0 Å². The summed E-state index contributed by atoms with van der Waals surface area (Å²) < 4.78 is 2.70. The van der Waals surface area contributed by atoms with Crippen molar-refractivity contribution in [2.24, 2.45) is 5.92 Å². The minimum Gasteiger partial charge on any atom is -0.255 e. The van der Waals surface area contributed by atoms with Crippen LogP contribution in [0.15, 0.2) is 66.9 Å². The van der Waals surface area contributed by atoms with E-state index < -0.39 is 0 Å². The maximum absolute atomic E-state index is 4.98. The lowest BCUT2D eigenvalue weighted by Gasteiger charge is -2.22. The smallest absolute Gasteiger partial charge is 0.0880 e. The average molecular weight is 534 g/mol. The highest BCUT2D eigenvalue weighted by Crippen LogP contribution is 2.47. The number of pyridine rings is 1. The van der Waals surface area contributed by atoms with Crippen molar-refractivity contribution in [2.75, 3.05) is 0 Å². The fourth-order valence-corrected chi connectivity index (χ4v) is 8.42.